The molecule has 6 rings (SSSR count). The summed E-state index contributed by atoms with van der Waals surface area (Å²) in [5.74, 6) is 1.60. The summed E-state index contributed by atoms with van der Waals surface area (Å²) in [4.78, 5) is 0. The van der Waals surface area contributed by atoms with Crippen LogP contribution in [0.2, 0.25) is 0 Å². The van der Waals surface area contributed by atoms with Gasteiger partial charge in [0, 0.05) is 60.3 Å². The van der Waals surface area contributed by atoms with Gasteiger partial charge in [0.15, 0.2) is 0 Å². The Hall–Kier alpha value is -4.48. The van der Waals surface area contributed by atoms with Crippen molar-refractivity contribution in [3.05, 3.63) is 94.5 Å². The minimum Gasteiger partial charge on any atom is -0.508 e. The van der Waals surface area contributed by atoms with E-state index >= 15 is 0 Å². The fourth-order valence-corrected chi connectivity index (χ4v) is 8.31. The van der Waals surface area contributed by atoms with Gasteiger partial charge in [-0.05, 0) is 91.5 Å². The van der Waals surface area contributed by atoms with Gasteiger partial charge in [-0.1, -0.05) is 44.4 Å². The Bertz CT molecular complexity index is 1880. The molecular weight excluding hydrogens is 686 g/mol. The van der Waals surface area contributed by atoms with Crippen LogP contribution < -0.4 is 24.3 Å². The number of methoxy groups -OCH3 is 3. The lowest BCUT2D eigenvalue weighted by Gasteiger charge is -2.45. The van der Waals surface area contributed by atoms with Crippen LogP contribution in [0.3, 0.4) is 0 Å². The molecule has 0 amide bonds. The Morgan fingerprint density at radius 2 is 1.67 bits per heavy atom. The highest BCUT2D eigenvalue weighted by atomic mass is 16.5. The third kappa shape index (κ3) is 8.27. The van der Waals surface area contributed by atoms with Crippen LogP contribution in [0, 0.1) is 11.8 Å². The number of rotatable bonds is 16. The molecule has 0 aliphatic carbocycles. The SMILES string of the molecule is CCCCCC(NC)c1cc2c(cc1OC)C(O)C(C1COc3c(Cc4cc(O)ccc4-c4cccc(O)c4)cc(OC)cc3C1O)C(CCCOC)O2. The maximum absolute atomic E-state index is 12.3. The lowest BCUT2D eigenvalue weighted by molar-refractivity contribution is -0.0890. The third-order valence-corrected chi connectivity index (χ3v) is 11.1. The van der Waals surface area contributed by atoms with Crippen LogP contribution in [-0.4, -0.2) is 68.1 Å². The lowest BCUT2D eigenvalue weighted by Crippen LogP contribution is -2.46. The first-order valence-electron chi connectivity index (χ1n) is 19.1. The number of phenols is 2. The van der Waals surface area contributed by atoms with Gasteiger partial charge in [-0.25, -0.2) is 0 Å². The molecule has 54 heavy (non-hydrogen) atoms. The Kier molecular flexibility index (Phi) is 12.9. The van der Waals surface area contributed by atoms with E-state index in [9.17, 15) is 20.4 Å². The summed E-state index contributed by atoms with van der Waals surface area (Å²) in [6, 6.07) is 19.8. The monoisotopic (exact) mass is 741 g/mol. The second-order valence-corrected chi connectivity index (χ2v) is 14.5. The summed E-state index contributed by atoms with van der Waals surface area (Å²) in [5, 5.41) is 48.7. The number of aromatic hydroxyl groups is 2. The molecule has 0 radical (unpaired) electrons. The zero-order valence-corrected chi connectivity index (χ0v) is 32.0. The maximum Gasteiger partial charge on any atom is 0.128 e. The minimum atomic E-state index is -1.01. The Morgan fingerprint density at radius 3 is 2.39 bits per heavy atom. The molecule has 2 aliphatic rings. The van der Waals surface area contributed by atoms with Crippen LogP contribution in [0.25, 0.3) is 11.1 Å². The van der Waals surface area contributed by atoms with Crippen molar-refractivity contribution in [1.29, 1.82) is 0 Å². The standard InChI is InChI=1S/C44H55NO9/c1-6-7-8-13-37(45-2)33-23-40-34(24-39(33)52-5)43(49)41(38(54-40)14-10-17-50-3)36-25-53-44-28(21-31(51-4)22-35(44)42(36)48)18-27-20-30(47)15-16-32(27)26-11-9-12-29(46)19-26/h9,11-12,15-16,19-24,36-38,41-43,45-49H,6-8,10,13-14,17-18,25H2,1-5H3. The van der Waals surface area contributed by atoms with Crippen LogP contribution in [0.4, 0.5) is 0 Å². The van der Waals surface area contributed by atoms with E-state index in [0.717, 1.165) is 53.5 Å². The number of aliphatic hydroxyl groups is 2. The van der Waals surface area contributed by atoms with Crippen molar-refractivity contribution in [3.63, 3.8) is 0 Å². The second kappa shape index (κ2) is 17.8. The topological polar surface area (TPSA) is 139 Å². The van der Waals surface area contributed by atoms with Crippen molar-refractivity contribution < 1.29 is 44.1 Å². The van der Waals surface area contributed by atoms with Crippen molar-refractivity contribution in [2.45, 2.75) is 76.2 Å². The largest absolute Gasteiger partial charge is 0.508 e. The molecule has 4 aromatic rings. The number of phenolic OH excluding ortho intramolecular Hbond substituents is 2. The number of hydrogen-bond donors (Lipinski definition) is 5. The fraction of sp³-hybridized carbons (Fsp3) is 0.455. The van der Waals surface area contributed by atoms with Gasteiger partial charge >= 0.3 is 0 Å². The van der Waals surface area contributed by atoms with Crippen LogP contribution >= 0.6 is 0 Å². The third-order valence-electron chi connectivity index (χ3n) is 11.1. The normalized spacial score (nSPS) is 21.0. The quantitative estimate of drug-likeness (QED) is 0.0724. The molecule has 10 nitrogen and oxygen atoms in total. The molecule has 2 aliphatic heterocycles. The first-order chi connectivity index (χ1) is 26.2. The van der Waals surface area contributed by atoms with Crippen molar-refractivity contribution in [1.82, 2.24) is 5.32 Å². The molecule has 10 heteroatoms. The average molecular weight is 742 g/mol. The Balaban J connectivity index is 1.36. The van der Waals surface area contributed by atoms with Gasteiger partial charge in [-0.2, -0.15) is 0 Å². The van der Waals surface area contributed by atoms with Gasteiger partial charge in [0.25, 0.3) is 0 Å². The fourth-order valence-electron chi connectivity index (χ4n) is 8.31. The zero-order chi connectivity index (χ0) is 38.4. The molecule has 0 saturated carbocycles. The van der Waals surface area contributed by atoms with E-state index in [2.05, 4.69) is 12.2 Å². The Morgan fingerprint density at radius 1 is 0.852 bits per heavy atom. The number of nitrogens with one attached hydrogen (secondary N) is 1. The van der Waals surface area contributed by atoms with Crippen LogP contribution in [0.15, 0.2) is 66.7 Å². The van der Waals surface area contributed by atoms with E-state index in [1.54, 1.807) is 57.7 Å². The van der Waals surface area contributed by atoms with Gasteiger partial charge in [0.1, 0.15) is 40.6 Å². The first kappa shape index (κ1) is 39.2. The number of fused-ring (bicyclic) bond motifs is 2. The molecule has 4 aromatic carbocycles. The van der Waals surface area contributed by atoms with Gasteiger partial charge < -0.3 is 49.4 Å². The van der Waals surface area contributed by atoms with Crippen LogP contribution in [-0.2, 0) is 11.2 Å². The summed E-state index contributed by atoms with van der Waals surface area (Å²) in [6.07, 6.45) is 3.56. The summed E-state index contributed by atoms with van der Waals surface area (Å²) in [6.45, 7) is 2.87. The first-order valence-corrected chi connectivity index (χ1v) is 19.1. The molecule has 5 N–H and O–H groups in total. The molecule has 2 heterocycles. The molecule has 0 aromatic heterocycles. The predicted octanol–water partition coefficient (Wildman–Crippen LogP) is 7.79. The highest BCUT2D eigenvalue weighted by Gasteiger charge is 2.48. The van der Waals surface area contributed by atoms with E-state index in [1.807, 2.05) is 37.4 Å². The van der Waals surface area contributed by atoms with Crippen LogP contribution in [0.1, 0.15) is 91.5 Å². The second-order valence-electron chi connectivity index (χ2n) is 14.5. The lowest BCUT2D eigenvalue weighted by atomic mass is 9.72. The van der Waals surface area contributed by atoms with E-state index in [4.69, 9.17) is 23.7 Å². The van der Waals surface area contributed by atoms with Gasteiger partial charge in [0.2, 0.25) is 0 Å². The van der Waals surface area contributed by atoms with Crippen molar-refractivity contribution in [2.75, 3.05) is 41.6 Å². The minimum absolute atomic E-state index is 0.0622. The maximum atomic E-state index is 12.3. The summed E-state index contributed by atoms with van der Waals surface area (Å²) in [7, 11) is 6.85. The van der Waals surface area contributed by atoms with Gasteiger partial charge in [-0.15, -0.1) is 0 Å². The molecule has 290 valence electrons. The molecule has 0 spiro atoms. The predicted molar refractivity (Wildman–Crippen MR) is 208 cm³/mol. The highest BCUT2D eigenvalue weighted by molar-refractivity contribution is 5.70. The molecular formula is C44H55NO9. The van der Waals surface area contributed by atoms with E-state index < -0.39 is 30.1 Å². The van der Waals surface area contributed by atoms with E-state index in [-0.39, 0.29) is 24.1 Å². The van der Waals surface area contributed by atoms with E-state index in [1.165, 1.54) is 0 Å². The zero-order valence-electron chi connectivity index (χ0n) is 32.0. The van der Waals surface area contributed by atoms with Crippen molar-refractivity contribution >= 4 is 0 Å². The summed E-state index contributed by atoms with van der Waals surface area (Å²) in [5.41, 5.74) is 5.40. The van der Waals surface area contributed by atoms with Crippen LogP contribution in [0.5, 0.6) is 34.5 Å². The van der Waals surface area contributed by atoms with Crippen molar-refractivity contribution in [3.8, 4) is 45.6 Å². The molecule has 6 atom stereocenters. The number of aliphatic hydroxyl groups excluding tert-OH is 2. The highest BCUT2D eigenvalue weighted by Crippen LogP contribution is 2.52. The smallest absolute Gasteiger partial charge is 0.128 e. The molecule has 0 saturated heterocycles. The molecule has 0 bridgehead atoms. The van der Waals surface area contributed by atoms with Gasteiger partial charge in [-0.3, -0.25) is 0 Å². The number of benzene rings is 4. The van der Waals surface area contributed by atoms with Crippen molar-refractivity contribution in [2.24, 2.45) is 11.8 Å². The summed E-state index contributed by atoms with van der Waals surface area (Å²) >= 11 is 0. The molecule has 6 unspecified atom stereocenters. The number of ether oxygens (including phenoxy) is 5. The summed E-state index contributed by atoms with van der Waals surface area (Å²) < 4.78 is 30.4. The van der Waals surface area contributed by atoms with Gasteiger partial charge in [0.05, 0.1) is 33.0 Å². The molecule has 0 fully saturated rings. The van der Waals surface area contributed by atoms with E-state index in [0.29, 0.717) is 60.0 Å². The number of unbranched alkanes of at least 4 members (excludes halogenated alkanes) is 2. The number of hydrogen-bond acceptors (Lipinski definition) is 10. The Labute approximate surface area is 318 Å². The average Bonchev–Trinajstić information content (AvgIpc) is 3.17.